The lowest BCUT2D eigenvalue weighted by Gasteiger charge is -2.03. The van der Waals surface area contributed by atoms with E-state index < -0.39 is 0 Å². The Kier molecular flexibility index (Phi) is 4.55. The molecule has 2 rings (SSSR count). The van der Waals surface area contributed by atoms with E-state index in [1.54, 1.807) is 6.07 Å². The fraction of sp³-hybridized carbons (Fsp3) is 0.200. The SMILES string of the molecule is CC(=O)Nc1ccc(C(=O)NCCc2ccccc2)o1. The number of hydrogen-bond donors (Lipinski definition) is 2. The minimum absolute atomic E-state index is 0.182. The summed E-state index contributed by atoms with van der Waals surface area (Å²) in [6, 6.07) is 13.0. The quantitative estimate of drug-likeness (QED) is 0.876. The van der Waals surface area contributed by atoms with Gasteiger partial charge in [0.1, 0.15) is 0 Å². The Hall–Kier alpha value is -2.56. The molecule has 0 saturated carbocycles. The maximum Gasteiger partial charge on any atom is 0.287 e. The van der Waals surface area contributed by atoms with Gasteiger partial charge in [-0.05, 0) is 18.1 Å². The van der Waals surface area contributed by atoms with Crippen molar-refractivity contribution < 1.29 is 14.0 Å². The summed E-state index contributed by atoms with van der Waals surface area (Å²) in [7, 11) is 0. The van der Waals surface area contributed by atoms with Crippen LogP contribution in [0.1, 0.15) is 23.0 Å². The van der Waals surface area contributed by atoms with E-state index in [0.717, 1.165) is 12.0 Å². The molecule has 1 heterocycles. The molecule has 0 bridgehead atoms. The van der Waals surface area contributed by atoms with Gasteiger partial charge in [0, 0.05) is 19.5 Å². The van der Waals surface area contributed by atoms with Gasteiger partial charge >= 0.3 is 0 Å². The Balaban J connectivity index is 1.83. The summed E-state index contributed by atoms with van der Waals surface area (Å²) >= 11 is 0. The first-order chi connectivity index (χ1) is 9.65. The van der Waals surface area contributed by atoms with Crippen molar-refractivity contribution in [1.29, 1.82) is 0 Å². The number of benzene rings is 1. The van der Waals surface area contributed by atoms with E-state index in [-0.39, 0.29) is 23.5 Å². The van der Waals surface area contributed by atoms with Crippen molar-refractivity contribution in [3.63, 3.8) is 0 Å². The molecule has 0 unspecified atom stereocenters. The highest BCUT2D eigenvalue weighted by atomic mass is 16.4. The number of carbonyl (C=O) groups is 2. The van der Waals surface area contributed by atoms with Gasteiger partial charge in [0.2, 0.25) is 5.91 Å². The summed E-state index contributed by atoms with van der Waals surface area (Å²) in [5.74, 6) is -0.0829. The van der Waals surface area contributed by atoms with Crippen molar-refractivity contribution >= 4 is 17.7 Å². The van der Waals surface area contributed by atoms with Gasteiger partial charge in [-0.3, -0.25) is 14.9 Å². The van der Waals surface area contributed by atoms with Crippen LogP contribution in [0.4, 0.5) is 5.88 Å². The third-order valence-electron chi connectivity index (χ3n) is 2.67. The van der Waals surface area contributed by atoms with Crippen LogP contribution in [0.5, 0.6) is 0 Å². The largest absolute Gasteiger partial charge is 0.435 e. The van der Waals surface area contributed by atoms with E-state index in [9.17, 15) is 9.59 Å². The Morgan fingerprint density at radius 1 is 1.10 bits per heavy atom. The minimum Gasteiger partial charge on any atom is -0.435 e. The summed E-state index contributed by atoms with van der Waals surface area (Å²) in [5.41, 5.74) is 1.16. The first-order valence-electron chi connectivity index (χ1n) is 6.34. The van der Waals surface area contributed by atoms with Gasteiger partial charge in [-0.1, -0.05) is 30.3 Å². The summed E-state index contributed by atoms with van der Waals surface area (Å²) in [5, 5.41) is 5.25. The predicted molar refractivity (Wildman–Crippen MR) is 75.5 cm³/mol. The molecule has 2 aromatic rings. The molecular weight excluding hydrogens is 256 g/mol. The molecule has 5 nitrogen and oxygen atoms in total. The van der Waals surface area contributed by atoms with Crippen LogP contribution in [0.25, 0.3) is 0 Å². The maximum absolute atomic E-state index is 11.8. The summed E-state index contributed by atoms with van der Waals surface area (Å²) in [4.78, 5) is 22.7. The lowest BCUT2D eigenvalue weighted by Crippen LogP contribution is -2.25. The highest BCUT2D eigenvalue weighted by Gasteiger charge is 2.11. The van der Waals surface area contributed by atoms with Gasteiger partial charge in [0.05, 0.1) is 0 Å². The second-order valence-corrected chi connectivity index (χ2v) is 4.34. The summed E-state index contributed by atoms with van der Waals surface area (Å²) < 4.78 is 5.22. The van der Waals surface area contributed by atoms with Crippen LogP contribution in [-0.4, -0.2) is 18.4 Å². The number of amides is 2. The average Bonchev–Trinajstić information content (AvgIpc) is 2.87. The zero-order chi connectivity index (χ0) is 14.4. The number of anilines is 1. The van der Waals surface area contributed by atoms with Crippen LogP contribution < -0.4 is 10.6 Å². The molecule has 0 aliphatic heterocycles. The van der Waals surface area contributed by atoms with Crippen LogP contribution in [0.3, 0.4) is 0 Å². The molecule has 0 fully saturated rings. The van der Waals surface area contributed by atoms with Crippen LogP contribution >= 0.6 is 0 Å². The Bertz CT molecular complexity index is 590. The molecule has 0 aliphatic carbocycles. The zero-order valence-electron chi connectivity index (χ0n) is 11.2. The van der Waals surface area contributed by atoms with Crippen molar-refractivity contribution in [1.82, 2.24) is 5.32 Å². The van der Waals surface area contributed by atoms with Crippen LogP contribution in [-0.2, 0) is 11.2 Å². The van der Waals surface area contributed by atoms with Crippen LogP contribution in [0, 0.1) is 0 Å². The third-order valence-corrected chi connectivity index (χ3v) is 2.67. The van der Waals surface area contributed by atoms with E-state index in [1.807, 2.05) is 30.3 Å². The van der Waals surface area contributed by atoms with Gasteiger partial charge < -0.3 is 9.73 Å². The Morgan fingerprint density at radius 2 is 1.85 bits per heavy atom. The van der Waals surface area contributed by atoms with Crippen molar-refractivity contribution in [3.8, 4) is 0 Å². The molecule has 1 aromatic heterocycles. The highest BCUT2D eigenvalue weighted by Crippen LogP contribution is 2.12. The van der Waals surface area contributed by atoms with Crippen molar-refractivity contribution in [2.45, 2.75) is 13.3 Å². The monoisotopic (exact) mass is 272 g/mol. The van der Waals surface area contributed by atoms with Crippen molar-refractivity contribution in [2.24, 2.45) is 0 Å². The van der Waals surface area contributed by atoms with Gasteiger partial charge in [0.25, 0.3) is 5.91 Å². The highest BCUT2D eigenvalue weighted by molar-refractivity contribution is 5.93. The van der Waals surface area contributed by atoms with E-state index in [1.165, 1.54) is 13.0 Å². The van der Waals surface area contributed by atoms with Gasteiger partial charge in [-0.15, -0.1) is 0 Å². The second-order valence-electron chi connectivity index (χ2n) is 4.34. The number of nitrogens with one attached hydrogen (secondary N) is 2. The van der Waals surface area contributed by atoms with Gasteiger partial charge in [-0.2, -0.15) is 0 Å². The van der Waals surface area contributed by atoms with E-state index in [4.69, 9.17) is 4.42 Å². The molecule has 20 heavy (non-hydrogen) atoms. The Labute approximate surface area is 117 Å². The molecule has 0 aliphatic rings. The normalized spacial score (nSPS) is 10.1. The topological polar surface area (TPSA) is 71.3 Å². The summed E-state index contributed by atoms with van der Waals surface area (Å²) in [6.45, 7) is 1.90. The molecule has 0 radical (unpaired) electrons. The van der Waals surface area contributed by atoms with Crippen molar-refractivity contribution in [2.75, 3.05) is 11.9 Å². The van der Waals surface area contributed by atoms with Crippen LogP contribution in [0.2, 0.25) is 0 Å². The number of rotatable bonds is 5. The fourth-order valence-electron chi connectivity index (χ4n) is 1.75. The summed E-state index contributed by atoms with van der Waals surface area (Å²) in [6.07, 6.45) is 0.756. The lowest BCUT2D eigenvalue weighted by molar-refractivity contribution is -0.114. The lowest BCUT2D eigenvalue weighted by atomic mass is 10.1. The third kappa shape index (κ3) is 3.98. The van der Waals surface area contributed by atoms with Crippen LogP contribution in [0.15, 0.2) is 46.9 Å². The number of carbonyl (C=O) groups excluding carboxylic acids is 2. The van der Waals surface area contributed by atoms with Crippen molar-refractivity contribution in [3.05, 3.63) is 53.8 Å². The predicted octanol–water partition coefficient (Wildman–Crippen LogP) is 2.21. The second kappa shape index (κ2) is 6.56. The maximum atomic E-state index is 11.8. The molecule has 0 atom stereocenters. The minimum atomic E-state index is -0.294. The average molecular weight is 272 g/mol. The number of furan rings is 1. The Morgan fingerprint density at radius 3 is 2.55 bits per heavy atom. The molecule has 1 aromatic carbocycles. The molecular formula is C15H16N2O3. The smallest absolute Gasteiger partial charge is 0.287 e. The first kappa shape index (κ1) is 13.9. The van der Waals surface area contributed by atoms with Gasteiger partial charge in [0.15, 0.2) is 11.6 Å². The molecule has 0 saturated heterocycles. The van der Waals surface area contributed by atoms with E-state index >= 15 is 0 Å². The fourth-order valence-corrected chi connectivity index (χ4v) is 1.75. The molecule has 2 N–H and O–H groups in total. The number of hydrogen-bond acceptors (Lipinski definition) is 3. The first-order valence-corrected chi connectivity index (χ1v) is 6.34. The molecule has 104 valence electrons. The molecule has 2 amide bonds. The molecule has 5 heteroatoms. The van der Waals surface area contributed by atoms with E-state index in [0.29, 0.717) is 6.54 Å². The zero-order valence-corrected chi connectivity index (χ0v) is 11.2. The van der Waals surface area contributed by atoms with E-state index in [2.05, 4.69) is 10.6 Å². The molecule has 0 spiro atoms. The van der Waals surface area contributed by atoms with Gasteiger partial charge in [-0.25, -0.2) is 0 Å². The standard InChI is InChI=1S/C15H16N2O3/c1-11(18)17-14-8-7-13(20-14)15(19)16-10-9-12-5-3-2-4-6-12/h2-8H,9-10H2,1H3,(H,16,19)(H,17,18).